The Labute approximate surface area is 87.1 Å². The summed E-state index contributed by atoms with van der Waals surface area (Å²) in [6.07, 6.45) is 1.16. The van der Waals surface area contributed by atoms with E-state index in [0.717, 1.165) is 0 Å². The number of carbonyl (C=O) groups is 2. The fourth-order valence-electron chi connectivity index (χ4n) is 1.20. The fourth-order valence-corrected chi connectivity index (χ4v) is 1.20. The first-order valence-corrected chi connectivity index (χ1v) is 4.38. The molecule has 4 nitrogen and oxygen atoms in total. The van der Waals surface area contributed by atoms with E-state index in [1.54, 1.807) is 6.92 Å². The van der Waals surface area contributed by atoms with Gasteiger partial charge < -0.3 is 4.74 Å². The van der Waals surface area contributed by atoms with E-state index in [9.17, 15) is 9.59 Å². The van der Waals surface area contributed by atoms with Crippen LogP contribution < -0.4 is 4.74 Å². The number of hydrogen-bond acceptors (Lipinski definition) is 4. The van der Waals surface area contributed by atoms with Crippen molar-refractivity contribution >= 4 is 12.6 Å². The van der Waals surface area contributed by atoms with E-state index in [1.165, 1.54) is 12.1 Å². The van der Waals surface area contributed by atoms with E-state index in [4.69, 9.17) is 10.00 Å². The maximum atomic E-state index is 10.8. The van der Waals surface area contributed by atoms with Crippen LogP contribution in [0.3, 0.4) is 0 Å². The van der Waals surface area contributed by atoms with Crippen molar-refractivity contribution in [1.29, 1.82) is 5.26 Å². The summed E-state index contributed by atoms with van der Waals surface area (Å²) in [5, 5.41) is 8.78. The number of aldehydes is 2. The summed E-state index contributed by atoms with van der Waals surface area (Å²) in [7, 11) is 0. The zero-order valence-electron chi connectivity index (χ0n) is 8.19. The van der Waals surface area contributed by atoms with Gasteiger partial charge in [-0.2, -0.15) is 5.26 Å². The SMILES string of the molecule is CCOc1cc(C=O)cc(C#N)c1C=O. The van der Waals surface area contributed by atoms with Crippen LogP contribution in [0.15, 0.2) is 12.1 Å². The number of rotatable bonds is 4. The van der Waals surface area contributed by atoms with E-state index in [0.29, 0.717) is 24.7 Å². The molecule has 0 bridgehead atoms. The second kappa shape index (κ2) is 4.91. The first-order valence-electron chi connectivity index (χ1n) is 4.38. The van der Waals surface area contributed by atoms with Gasteiger partial charge in [-0.1, -0.05) is 0 Å². The van der Waals surface area contributed by atoms with E-state index < -0.39 is 0 Å². The van der Waals surface area contributed by atoms with E-state index in [2.05, 4.69) is 0 Å². The van der Waals surface area contributed by atoms with Gasteiger partial charge in [0.05, 0.1) is 17.7 Å². The van der Waals surface area contributed by atoms with Gasteiger partial charge in [-0.25, -0.2) is 0 Å². The smallest absolute Gasteiger partial charge is 0.155 e. The van der Waals surface area contributed by atoms with Gasteiger partial charge in [0.1, 0.15) is 18.1 Å². The third kappa shape index (κ3) is 2.20. The summed E-state index contributed by atoms with van der Waals surface area (Å²) in [4.78, 5) is 21.3. The monoisotopic (exact) mass is 203 g/mol. The highest BCUT2D eigenvalue weighted by Gasteiger charge is 2.10. The molecule has 0 spiro atoms. The minimum Gasteiger partial charge on any atom is -0.493 e. The van der Waals surface area contributed by atoms with Crippen LogP contribution in [-0.2, 0) is 0 Å². The van der Waals surface area contributed by atoms with Crippen molar-refractivity contribution in [2.24, 2.45) is 0 Å². The highest BCUT2D eigenvalue weighted by molar-refractivity contribution is 5.87. The number of nitrogens with zero attached hydrogens (tertiary/aromatic N) is 1. The number of ether oxygens (including phenoxy) is 1. The van der Waals surface area contributed by atoms with Crippen LogP contribution in [0, 0.1) is 11.3 Å². The van der Waals surface area contributed by atoms with E-state index in [-0.39, 0.29) is 16.9 Å². The van der Waals surface area contributed by atoms with Gasteiger partial charge in [-0.3, -0.25) is 9.59 Å². The van der Waals surface area contributed by atoms with Crippen molar-refractivity contribution < 1.29 is 14.3 Å². The molecule has 0 amide bonds. The quantitative estimate of drug-likeness (QED) is 0.697. The van der Waals surface area contributed by atoms with Gasteiger partial charge in [0.15, 0.2) is 6.29 Å². The summed E-state index contributed by atoms with van der Waals surface area (Å²) in [6.45, 7) is 2.13. The van der Waals surface area contributed by atoms with Crippen LogP contribution in [0.2, 0.25) is 0 Å². The van der Waals surface area contributed by atoms with Crippen LogP contribution in [0.5, 0.6) is 5.75 Å². The molecule has 0 aliphatic rings. The molecule has 0 unspecified atom stereocenters. The molecule has 1 aromatic rings. The molecular formula is C11H9NO3. The van der Waals surface area contributed by atoms with E-state index in [1.807, 2.05) is 6.07 Å². The molecule has 0 aromatic heterocycles. The predicted molar refractivity (Wildman–Crippen MR) is 53.1 cm³/mol. The number of benzene rings is 1. The second-order valence-corrected chi connectivity index (χ2v) is 2.76. The molecular weight excluding hydrogens is 194 g/mol. The van der Waals surface area contributed by atoms with Crippen molar-refractivity contribution in [3.63, 3.8) is 0 Å². The van der Waals surface area contributed by atoms with Gasteiger partial charge in [-0.05, 0) is 19.1 Å². The Morgan fingerprint density at radius 2 is 2.13 bits per heavy atom. The Kier molecular flexibility index (Phi) is 3.58. The number of carbonyl (C=O) groups excluding carboxylic acids is 2. The summed E-state index contributed by atoms with van der Waals surface area (Å²) in [6, 6.07) is 4.66. The predicted octanol–water partition coefficient (Wildman–Crippen LogP) is 1.58. The molecule has 0 fully saturated rings. The molecule has 1 aromatic carbocycles. The maximum absolute atomic E-state index is 10.8. The van der Waals surface area contributed by atoms with Gasteiger partial charge in [0.2, 0.25) is 0 Å². The molecule has 0 saturated carbocycles. The summed E-state index contributed by atoms with van der Waals surface area (Å²) >= 11 is 0. The average Bonchev–Trinajstić information content (AvgIpc) is 2.28. The number of nitriles is 1. The molecule has 0 N–H and O–H groups in total. The van der Waals surface area contributed by atoms with Crippen LogP contribution in [0.4, 0.5) is 0 Å². The molecule has 15 heavy (non-hydrogen) atoms. The number of hydrogen-bond donors (Lipinski definition) is 0. The lowest BCUT2D eigenvalue weighted by Gasteiger charge is -2.07. The molecule has 0 saturated heterocycles. The largest absolute Gasteiger partial charge is 0.493 e. The van der Waals surface area contributed by atoms with Gasteiger partial charge in [-0.15, -0.1) is 0 Å². The lowest BCUT2D eigenvalue weighted by atomic mass is 10.0. The summed E-state index contributed by atoms with van der Waals surface area (Å²) in [5.41, 5.74) is 0.656. The van der Waals surface area contributed by atoms with Crippen LogP contribution in [-0.4, -0.2) is 19.2 Å². The summed E-state index contributed by atoms with van der Waals surface area (Å²) < 4.78 is 5.17. The Morgan fingerprint density at radius 1 is 1.40 bits per heavy atom. The van der Waals surface area contributed by atoms with Gasteiger partial charge in [0, 0.05) is 5.56 Å². The Bertz CT molecular complexity index is 432. The maximum Gasteiger partial charge on any atom is 0.155 e. The summed E-state index contributed by atoms with van der Waals surface area (Å²) in [5.74, 6) is 0.272. The highest BCUT2D eigenvalue weighted by atomic mass is 16.5. The van der Waals surface area contributed by atoms with Crippen LogP contribution in [0.25, 0.3) is 0 Å². The Hall–Kier alpha value is -2.15. The minimum atomic E-state index is 0.151. The van der Waals surface area contributed by atoms with Crippen molar-refractivity contribution in [1.82, 2.24) is 0 Å². The Morgan fingerprint density at radius 3 is 2.60 bits per heavy atom. The molecule has 4 heteroatoms. The molecule has 1 rings (SSSR count). The van der Waals surface area contributed by atoms with Gasteiger partial charge >= 0.3 is 0 Å². The lowest BCUT2D eigenvalue weighted by Crippen LogP contribution is -2.00. The molecule has 0 atom stereocenters. The average molecular weight is 203 g/mol. The van der Waals surface area contributed by atoms with Crippen molar-refractivity contribution in [3.05, 3.63) is 28.8 Å². The van der Waals surface area contributed by atoms with Crippen LogP contribution >= 0.6 is 0 Å². The zero-order chi connectivity index (χ0) is 11.3. The molecule has 76 valence electrons. The molecule has 0 radical (unpaired) electrons. The van der Waals surface area contributed by atoms with Crippen molar-refractivity contribution in [2.75, 3.05) is 6.61 Å². The first kappa shape index (κ1) is 10.9. The fraction of sp³-hybridized carbons (Fsp3) is 0.182. The molecule has 0 heterocycles. The highest BCUT2D eigenvalue weighted by Crippen LogP contribution is 2.22. The zero-order valence-corrected chi connectivity index (χ0v) is 8.19. The first-order chi connectivity index (χ1) is 7.26. The lowest BCUT2D eigenvalue weighted by molar-refractivity contribution is 0.110. The normalized spacial score (nSPS) is 9.07. The topological polar surface area (TPSA) is 67.2 Å². The molecule has 0 aliphatic carbocycles. The third-order valence-corrected chi connectivity index (χ3v) is 1.84. The van der Waals surface area contributed by atoms with Crippen molar-refractivity contribution in [3.8, 4) is 11.8 Å². The standard InChI is InChI=1S/C11H9NO3/c1-2-15-11-4-8(6-13)3-9(5-12)10(11)7-14/h3-4,6-7H,2H2,1H3. The minimum absolute atomic E-state index is 0.151. The molecule has 0 aliphatic heterocycles. The van der Waals surface area contributed by atoms with Crippen molar-refractivity contribution in [2.45, 2.75) is 6.92 Å². The van der Waals surface area contributed by atoms with Gasteiger partial charge in [0.25, 0.3) is 0 Å². The third-order valence-electron chi connectivity index (χ3n) is 1.84. The van der Waals surface area contributed by atoms with E-state index >= 15 is 0 Å². The Balaban J connectivity index is 3.39. The van der Waals surface area contributed by atoms with Crippen LogP contribution in [0.1, 0.15) is 33.2 Å². The second-order valence-electron chi connectivity index (χ2n) is 2.76.